The fourth-order valence-electron chi connectivity index (χ4n) is 1.98. The fraction of sp³-hybridized carbons (Fsp3) is 0.250. The summed E-state index contributed by atoms with van der Waals surface area (Å²) in [6.07, 6.45) is 0. The van der Waals surface area contributed by atoms with Crippen LogP contribution in [0.1, 0.15) is 20.8 Å². The third-order valence-corrected chi connectivity index (χ3v) is 4.45. The molecule has 0 fully saturated rings. The van der Waals surface area contributed by atoms with Gasteiger partial charge in [0.25, 0.3) is 0 Å². The zero-order chi connectivity index (χ0) is 17.0. The number of esters is 1. The van der Waals surface area contributed by atoms with E-state index in [1.54, 1.807) is 12.1 Å². The standard InChI is InChI=1S/C16H17FN2O3S/c1-9-10(2)23-15(14(9)16(21)22-3)19-13(20)8-18-12-6-4-11(17)5-7-12/h4-7,18H,8H2,1-3H3,(H,19,20). The highest BCUT2D eigenvalue weighted by atomic mass is 32.1. The Labute approximate surface area is 137 Å². The average molecular weight is 336 g/mol. The van der Waals surface area contributed by atoms with Crippen molar-refractivity contribution in [3.63, 3.8) is 0 Å². The van der Waals surface area contributed by atoms with Crippen LogP contribution < -0.4 is 10.6 Å². The molecule has 0 saturated carbocycles. The number of anilines is 2. The van der Waals surface area contributed by atoms with Crippen molar-refractivity contribution in [3.8, 4) is 0 Å². The monoisotopic (exact) mass is 336 g/mol. The molecule has 0 saturated heterocycles. The highest BCUT2D eigenvalue weighted by molar-refractivity contribution is 7.16. The maximum atomic E-state index is 12.8. The van der Waals surface area contributed by atoms with Crippen molar-refractivity contribution in [2.24, 2.45) is 0 Å². The summed E-state index contributed by atoms with van der Waals surface area (Å²) >= 11 is 1.33. The van der Waals surface area contributed by atoms with Crippen LogP contribution in [-0.4, -0.2) is 25.5 Å². The van der Waals surface area contributed by atoms with E-state index >= 15 is 0 Å². The lowest BCUT2D eigenvalue weighted by atomic mass is 10.1. The number of carbonyl (C=O) groups is 2. The van der Waals surface area contributed by atoms with Gasteiger partial charge < -0.3 is 15.4 Å². The zero-order valence-corrected chi connectivity index (χ0v) is 13.8. The first-order valence-corrected chi connectivity index (χ1v) is 7.71. The summed E-state index contributed by atoms with van der Waals surface area (Å²) in [6, 6.07) is 5.70. The van der Waals surface area contributed by atoms with Crippen molar-refractivity contribution in [1.29, 1.82) is 0 Å². The third-order valence-electron chi connectivity index (χ3n) is 3.33. The molecule has 7 heteroatoms. The number of amides is 1. The molecule has 0 radical (unpaired) electrons. The van der Waals surface area contributed by atoms with Gasteiger partial charge in [-0.2, -0.15) is 0 Å². The van der Waals surface area contributed by atoms with E-state index in [2.05, 4.69) is 10.6 Å². The smallest absolute Gasteiger partial charge is 0.341 e. The summed E-state index contributed by atoms with van der Waals surface area (Å²) in [5.41, 5.74) is 1.81. The lowest BCUT2D eigenvalue weighted by Crippen LogP contribution is -2.22. The molecule has 5 nitrogen and oxygen atoms in total. The van der Waals surface area contributed by atoms with Gasteiger partial charge in [0.05, 0.1) is 19.2 Å². The number of nitrogens with one attached hydrogen (secondary N) is 2. The predicted octanol–water partition coefficient (Wildman–Crippen LogP) is 3.34. The molecule has 1 heterocycles. The Morgan fingerprint density at radius 1 is 1.22 bits per heavy atom. The van der Waals surface area contributed by atoms with Gasteiger partial charge >= 0.3 is 5.97 Å². The van der Waals surface area contributed by atoms with Gasteiger partial charge in [0.2, 0.25) is 5.91 Å². The first kappa shape index (κ1) is 17.0. The number of hydrogen-bond donors (Lipinski definition) is 2. The number of aryl methyl sites for hydroxylation is 1. The third kappa shape index (κ3) is 4.07. The second-order valence-corrected chi connectivity index (χ2v) is 6.11. The van der Waals surface area contributed by atoms with E-state index in [1.807, 2.05) is 13.8 Å². The molecule has 0 aliphatic carbocycles. The second-order valence-electron chi connectivity index (χ2n) is 4.89. The fourth-order valence-corrected chi connectivity index (χ4v) is 3.05. The summed E-state index contributed by atoms with van der Waals surface area (Å²) < 4.78 is 17.6. The SMILES string of the molecule is COC(=O)c1c(NC(=O)CNc2ccc(F)cc2)sc(C)c1C. The van der Waals surface area contributed by atoms with Crippen molar-refractivity contribution in [1.82, 2.24) is 0 Å². The Kier molecular flexibility index (Phi) is 5.33. The van der Waals surface area contributed by atoms with Crippen LogP contribution in [-0.2, 0) is 9.53 Å². The van der Waals surface area contributed by atoms with Gasteiger partial charge in [-0.05, 0) is 43.7 Å². The number of carbonyl (C=O) groups excluding carboxylic acids is 2. The minimum absolute atomic E-state index is 0.00222. The van der Waals surface area contributed by atoms with Crippen molar-refractivity contribution in [2.45, 2.75) is 13.8 Å². The van der Waals surface area contributed by atoms with E-state index in [1.165, 1.54) is 30.6 Å². The molecule has 0 atom stereocenters. The molecule has 0 bridgehead atoms. The summed E-state index contributed by atoms with van der Waals surface area (Å²) in [6.45, 7) is 3.69. The number of rotatable bonds is 5. The van der Waals surface area contributed by atoms with E-state index in [0.717, 1.165) is 10.4 Å². The van der Waals surface area contributed by atoms with Crippen molar-refractivity contribution < 1.29 is 18.7 Å². The molecule has 0 aliphatic rings. The van der Waals surface area contributed by atoms with Gasteiger partial charge in [0.1, 0.15) is 10.8 Å². The number of ether oxygens (including phenoxy) is 1. The van der Waals surface area contributed by atoms with Crippen molar-refractivity contribution >= 4 is 33.9 Å². The second kappa shape index (κ2) is 7.23. The highest BCUT2D eigenvalue weighted by Gasteiger charge is 2.21. The van der Waals surface area contributed by atoms with Gasteiger partial charge in [-0.1, -0.05) is 0 Å². The summed E-state index contributed by atoms with van der Waals surface area (Å²) in [5.74, 6) is -1.12. The minimum atomic E-state index is -0.478. The molecule has 1 amide bonds. The van der Waals surface area contributed by atoms with Crippen LogP contribution in [0.15, 0.2) is 24.3 Å². The van der Waals surface area contributed by atoms with E-state index in [9.17, 15) is 14.0 Å². The molecule has 2 aromatic rings. The molecular formula is C16H17FN2O3S. The minimum Gasteiger partial charge on any atom is -0.465 e. The van der Waals surface area contributed by atoms with Crippen LogP contribution in [0.3, 0.4) is 0 Å². The Bertz CT molecular complexity index is 726. The number of benzene rings is 1. The van der Waals surface area contributed by atoms with E-state index in [-0.39, 0.29) is 18.3 Å². The van der Waals surface area contributed by atoms with Crippen LogP contribution >= 0.6 is 11.3 Å². The lowest BCUT2D eigenvalue weighted by Gasteiger charge is -2.08. The summed E-state index contributed by atoms with van der Waals surface area (Å²) in [5, 5.41) is 6.07. The number of hydrogen-bond acceptors (Lipinski definition) is 5. The molecule has 23 heavy (non-hydrogen) atoms. The largest absolute Gasteiger partial charge is 0.465 e. The molecular weight excluding hydrogens is 319 g/mol. The number of methoxy groups -OCH3 is 1. The normalized spacial score (nSPS) is 10.3. The van der Waals surface area contributed by atoms with Crippen molar-refractivity contribution in [3.05, 3.63) is 46.1 Å². The highest BCUT2D eigenvalue weighted by Crippen LogP contribution is 2.32. The van der Waals surface area contributed by atoms with Gasteiger partial charge in [-0.3, -0.25) is 4.79 Å². The van der Waals surface area contributed by atoms with Crippen molar-refractivity contribution in [2.75, 3.05) is 24.3 Å². The molecule has 0 aliphatic heterocycles. The Morgan fingerprint density at radius 3 is 2.48 bits per heavy atom. The maximum Gasteiger partial charge on any atom is 0.341 e. The molecule has 122 valence electrons. The van der Waals surface area contributed by atoms with E-state index in [0.29, 0.717) is 16.3 Å². The molecule has 0 unspecified atom stereocenters. The van der Waals surface area contributed by atoms with Gasteiger partial charge in [0.15, 0.2) is 0 Å². The first-order chi connectivity index (χ1) is 10.9. The predicted molar refractivity (Wildman–Crippen MR) is 88.7 cm³/mol. The average Bonchev–Trinajstić information content (AvgIpc) is 2.80. The van der Waals surface area contributed by atoms with Gasteiger partial charge in [-0.15, -0.1) is 11.3 Å². The molecule has 2 rings (SSSR count). The zero-order valence-electron chi connectivity index (χ0n) is 13.0. The summed E-state index contributed by atoms with van der Waals surface area (Å²) in [7, 11) is 1.30. The Balaban J connectivity index is 2.04. The molecule has 1 aromatic heterocycles. The molecule has 2 N–H and O–H groups in total. The van der Waals surface area contributed by atoms with Gasteiger partial charge in [-0.25, -0.2) is 9.18 Å². The number of halogens is 1. The Hall–Kier alpha value is -2.41. The maximum absolute atomic E-state index is 12.8. The van der Waals surface area contributed by atoms with Crippen LogP contribution in [0.25, 0.3) is 0 Å². The van der Waals surface area contributed by atoms with E-state index < -0.39 is 5.97 Å². The van der Waals surface area contributed by atoms with Gasteiger partial charge in [0, 0.05) is 10.6 Å². The molecule has 1 aromatic carbocycles. The van der Waals surface area contributed by atoms with E-state index in [4.69, 9.17) is 4.74 Å². The van der Waals surface area contributed by atoms with Crippen LogP contribution in [0, 0.1) is 19.7 Å². The topological polar surface area (TPSA) is 67.4 Å². The summed E-state index contributed by atoms with van der Waals surface area (Å²) in [4.78, 5) is 24.8. The van der Waals surface area contributed by atoms with Crippen LogP contribution in [0.4, 0.5) is 15.1 Å². The first-order valence-electron chi connectivity index (χ1n) is 6.90. The lowest BCUT2D eigenvalue weighted by molar-refractivity contribution is -0.114. The van der Waals surface area contributed by atoms with Crippen LogP contribution in [0.2, 0.25) is 0 Å². The quantitative estimate of drug-likeness (QED) is 0.822. The Morgan fingerprint density at radius 2 is 1.87 bits per heavy atom. The van der Waals surface area contributed by atoms with Crippen LogP contribution in [0.5, 0.6) is 0 Å². The molecule has 0 spiro atoms. The number of thiophene rings is 1.